The van der Waals surface area contributed by atoms with Gasteiger partial charge in [0.25, 0.3) is 0 Å². The molecule has 24 heavy (non-hydrogen) atoms. The van der Waals surface area contributed by atoms with E-state index >= 15 is 0 Å². The van der Waals surface area contributed by atoms with E-state index in [-0.39, 0.29) is 13.0 Å². The number of benzene rings is 1. The molecular weight excluding hydrogens is 367 g/mol. The Morgan fingerprint density at radius 2 is 2.21 bits per heavy atom. The number of amides is 2. The number of alkyl halides is 3. The Kier molecular flexibility index (Phi) is 4.39. The number of hydrogen-bond donors (Lipinski definition) is 1. The predicted octanol–water partition coefficient (Wildman–Crippen LogP) is 3.30. The fourth-order valence-corrected chi connectivity index (χ4v) is 3.62. The SMILES string of the molecule is O=C(Nc1nc2ccc(Cl)cc2s1)C1CC(=O)N(CC(F)(F)F)C1. The molecule has 0 aliphatic carbocycles. The lowest BCUT2D eigenvalue weighted by molar-refractivity contribution is -0.157. The van der Waals surface area contributed by atoms with E-state index in [1.54, 1.807) is 18.2 Å². The predicted molar refractivity (Wildman–Crippen MR) is 84.0 cm³/mol. The number of carbonyl (C=O) groups is 2. The summed E-state index contributed by atoms with van der Waals surface area (Å²) in [6.45, 7) is -1.59. The van der Waals surface area contributed by atoms with Crippen molar-refractivity contribution in [3.63, 3.8) is 0 Å². The molecule has 0 bridgehead atoms. The van der Waals surface area contributed by atoms with Crippen molar-refractivity contribution < 1.29 is 22.8 Å². The van der Waals surface area contributed by atoms with Crippen LogP contribution < -0.4 is 5.32 Å². The Hall–Kier alpha value is -1.87. The van der Waals surface area contributed by atoms with Gasteiger partial charge in [-0.1, -0.05) is 22.9 Å². The van der Waals surface area contributed by atoms with Gasteiger partial charge in [0.1, 0.15) is 6.54 Å². The van der Waals surface area contributed by atoms with Gasteiger partial charge in [0.2, 0.25) is 11.8 Å². The zero-order valence-electron chi connectivity index (χ0n) is 12.1. The molecule has 128 valence electrons. The first-order chi connectivity index (χ1) is 11.2. The van der Waals surface area contributed by atoms with Crippen LogP contribution in [-0.2, 0) is 9.59 Å². The van der Waals surface area contributed by atoms with E-state index in [1.165, 1.54) is 11.3 Å². The Morgan fingerprint density at radius 1 is 1.46 bits per heavy atom. The third-order valence-corrected chi connectivity index (χ3v) is 4.70. The van der Waals surface area contributed by atoms with Crippen molar-refractivity contribution in [3.8, 4) is 0 Å². The minimum absolute atomic E-state index is 0.237. The van der Waals surface area contributed by atoms with Gasteiger partial charge in [-0.15, -0.1) is 0 Å². The summed E-state index contributed by atoms with van der Waals surface area (Å²) < 4.78 is 38.0. The number of halogens is 4. The number of nitrogens with one attached hydrogen (secondary N) is 1. The molecule has 1 N–H and O–H groups in total. The highest BCUT2D eigenvalue weighted by Gasteiger charge is 2.40. The molecule has 1 saturated heterocycles. The third-order valence-electron chi connectivity index (χ3n) is 3.54. The molecule has 2 aromatic rings. The van der Waals surface area contributed by atoms with Crippen LogP contribution in [0.3, 0.4) is 0 Å². The molecule has 1 aliphatic rings. The van der Waals surface area contributed by atoms with Crippen LogP contribution in [-0.4, -0.2) is 41.0 Å². The summed E-state index contributed by atoms with van der Waals surface area (Å²) in [6.07, 6.45) is -4.72. The van der Waals surface area contributed by atoms with Crippen LogP contribution in [0.1, 0.15) is 6.42 Å². The first kappa shape index (κ1) is 17.0. The van der Waals surface area contributed by atoms with Crippen LogP contribution in [0, 0.1) is 5.92 Å². The van der Waals surface area contributed by atoms with Gasteiger partial charge in [-0.05, 0) is 18.2 Å². The lowest BCUT2D eigenvalue weighted by Crippen LogP contribution is -2.36. The van der Waals surface area contributed by atoms with Crippen molar-refractivity contribution in [2.75, 3.05) is 18.4 Å². The summed E-state index contributed by atoms with van der Waals surface area (Å²) in [4.78, 5) is 28.7. The number of anilines is 1. The summed E-state index contributed by atoms with van der Waals surface area (Å²) in [6, 6.07) is 5.07. The number of likely N-dealkylation sites (tertiary alicyclic amines) is 1. The maximum atomic E-state index is 12.4. The third kappa shape index (κ3) is 3.78. The molecule has 1 aromatic heterocycles. The fraction of sp³-hybridized carbons (Fsp3) is 0.357. The summed E-state index contributed by atoms with van der Waals surface area (Å²) in [5, 5.41) is 3.42. The highest BCUT2D eigenvalue weighted by atomic mass is 35.5. The average molecular weight is 378 g/mol. The Bertz CT molecular complexity index is 808. The number of hydrogen-bond acceptors (Lipinski definition) is 4. The maximum Gasteiger partial charge on any atom is 0.406 e. The first-order valence-corrected chi connectivity index (χ1v) is 8.12. The summed E-state index contributed by atoms with van der Waals surface area (Å²) in [5.74, 6) is -2.02. The molecule has 2 heterocycles. The van der Waals surface area contributed by atoms with E-state index < -0.39 is 30.5 Å². The minimum Gasteiger partial charge on any atom is -0.333 e. The zero-order valence-corrected chi connectivity index (χ0v) is 13.6. The first-order valence-electron chi connectivity index (χ1n) is 6.93. The van der Waals surface area contributed by atoms with E-state index in [0.29, 0.717) is 20.6 Å². The van der Waals surface area contributed by atoms with E-state index in [9.17, 15) is 22.8 Å². The Labute approximate surface area is 143 Å². The van der Waals surface area contributed by atoms with Gasteiger partial charge in [-0.25, -0.2) is 4.98 Å². The molecule has 1 aliphatic heterocycles. The second kappa shape index (κ2) is 6.21. The van der Waals surface area contributed by atoms with Crippen molar-refractivity contribution in [1.82, 2.24) is 9.88 Å². The second-order valence-electron chi connectivity index (χ2n) is 5.41. The molecule has 1 aromatic carbocycles. The average Bonchev–Trinajstić information content (AvgIpc) is 3.00. The monoisotopic (exact) mass is 377 g/mol. The molecule has 0 saturated carbocycles. The quantitative estimate of drug-likeness (QED) is 0.892. The number of thiazole rings is 1. The number of nitrogens with zero attached hydrogens (tertiary/aromatic N) is 2. The number of carbonyl (C=O) groups excluding carboxylic acids is 2. The van der Waals surface area contributed by atoms with Crippen LogP contribution in [0.2, 0.25) is 5.02 Å². The molecule has 0 radical (unpaired) electrons. The van der Waals surface area contributed by atoms with Crippen LogP contribution >= 0.6 is 22.9 Å². The highest BCUT2D eigenvalue weighted by molar-refractivity contribution is 7.22. The van der Waals surface area contributed by atoms with E-state index in [4.69, 9.17) is 11.6 Å². The van der Waals surface area contributed by atoms with E-state index in [1.807, 2.05) is 0 Å². The highest BCUT2D eigenvalue weighted by Crippen LogP contribution is 2.30. The van der Waals surface area contributed by atoms with Crippen LogP contribution in [0.4, 0.5) is 18.3 Å². The maximum absolute atomic E-state index is 12.4. The van der Waals surface area contributed by atoms with Gasteiger partial charge < -0.3 is 10.2 Å². The lowest BCUT2D eigenvalue weighted by Gasteiger charge is -2.18. The lowest BCUT2D eigenvalue weighted by atomic mass is 10.1. The standard InChI is InChI=1S/C14H11ClF3N3O2S/c15-8-1-2-9-10(4-8)24-13(19-9)20-12(23)7-3-11(22)21(5-7)6-14(16,17)18/h1-2,4,7H,3,5-6H2,(H,19,20,23). The van der Waals surface area contributed by atoms with Crippen molar-refractivity contribution in [2.24, 2.45) is 5.92 Å². The molecule has 1 unspecified atom stereocenters. The molecule has 1 fully saturated rings. The van der Waals surface area contributed by atoms with Crippen LogP contribution in [0.15, 0.2) is 18.2 Å². The number of aromatic nitrogens is 1. The molecule has 1 atom stereocenters. The van der Waals surface area contributed by atoms with Gasteiger partial charge in [0, 0.05) is 18.0 Å². The van der Waals surface area contributed by atoms with Gasteiger partial charge in [0.15, 0.2) is 5.13 Å². The molecule has 5 nitrogen and oxygen atoms in total. The smallest absolute Gasteiger partial charge is 0.333 e. The molecule has 3 rings (SSSR count). The zero-order chi connectivity index (χ0) is 17.5. The van der Waals surface area contributed by atoms with Gasteiger partial charge in [-0.2, -0.15) is 13.2 Å². The molecule has 10 heteroatoms. The summed E-state index contributed by atoms with van der Waals surface area (Å²) in [5.41, 5.74) is 0.654. The summed E-state index contributed by atoms with van der Waals surface area (Å²) >= 11 is 7.08. The number of rotatable bonds is 3. The molecule has 0 spiro atoms. The second-order valence-corrected chi connectivity index (χ2v) is 6.88. The topological polar surface area (TPSA) is 62.3 Å². The van der Waals surface area contributed by atoms with Crippen molar-refractivity contribution in [1.29, 1.82) is 0 Å². The summed E-state index contributed by atoms with van der Waals surface area (Å²) in [7, 11) is 0. The van der Waals surface area contributed by atoms with E-state index in [2.05, 4.69) is 10.3 Å². The molecular formula is C14H11ClF3N3O2S. The molecule has 2 amide bonds. The fourth-order valence-electron chi connectivity index (χ4n) is 2.48. The van der Waals surface area contributed by atoms with Crippen molar-refractivity contribution in [2.45, 2.75) is 12.6 Å². The van der Waals surface area contributed by atoms with Crippen LogP contribution in [0.25, 0.3) is 10.2 Å². The van der Waals surface area contributed by atoms with Gasteiger partial charge in [0.05, 0.1) is 16.1 Å². The largest absolute Gasteiger partial charge is 0.406 e. The van der Waals surface area contributed by atoms with Gasteiger partial charge >= 0.3 is 6.18 Å². The Morgan fingerprint density at radius 3 is 2.92 bits per heavy atom. The van der Waals surface area contributed by atoms with Crippen molar-refractivity contribution >= 4 is 50.1 Å². The normalized spacial score (nSPS) is 18.4. The minimum atomic E-state index is -4.48. The van der Waals surface area contributed by atoms with Gasteiger partial charge in [-0.3, -0.25) is 9.59 Å². The van der Waals surface area contributed by atoms with E-state index in [0.717, 1.165) is 4.70 Å². The Balaban J connectivity index is 1.67. The number of fused-ring (bicyclic) bond motifs is 1. The van der Waals surface area contributed by atoms with Crippen LogP contribution in [0.5, 0.6) is 0 Å². The van der Waals surface area contributed by atoms with Crippen molar-refractivity contribution in [3.05, 3.63) is 23.2 Å².